The number of hydrogen-bond donors (Lipinski definition) is 2. The van der Waals surface area contributed by atoms with E-state index in [2.05, 4.69) is 28.5 Å². The molecular formula is C23H24N4O. The van der Waals surface area contributed by atoms with Gasteiger partial charge in [0.2, 0.25) is 0 Å². The molecule has 2 N–H and O–H groups in total. The molecule has 0 amide bonds. The Hall–Kier alpha value is -2.79. The first kappa shape index (κ1) is 17.3. The molecule has 2 aliphatic rings. The third-order valence-electron chi connectivity index (χ3n) is 5.98. The van der Waals surface area contributed by atoms with Crippen molar-refractivity contribution in [2.24, 2.45) is 0 Å². The monoisotopic (exact) mass is 372 g/mol. The van der Waals surface area contributed by atoms with Crippen molar-refractivity contribution in [2.45, 2.75) is 44.1 Å². The number of rotatable bonds is 4. The molecule has 28 heavy (non-hydrogen) atoms. The molecule has 1 unspecified atom stereocenters. The van der Waals surface area contributed by atoms with Crippen LogP contribution < -0.4 is 5.32 Å². The Labute approximate surface area is 164 Å². The number of pyridine rings is 1. The van der Waals surface area contributed by atoms with E-state index in [1.807, 2.05) is 18.2 Å². The van der Waals surface area contributed by atoms with Crippen LogP contribution in [-0.2, 0) is 24.9 Å². The van der Waals surface area contributed by atoms with Crippen LogP contribution in [0.5, 0.6) is 0 Å². The number of benzene rings is 1. The standard InChI is InChI=1S/C23H24N4O/c28-23(12-4-6-16-5-1-2-8-19(16)23)15-25-22-18-7-3-9-20(18)26-21(27-22)17-10-13-24-14-11-17/h1-2,5,8,10-11,13-14,28H,3-4,6-7,9,12,15H2,(H,25,26,27). The zero-order chi connectivity index (χ0) is 19.0. The van der Waals surface area contributed by atoms with Gasteiger partial charge in [0.25, 0.3) is 0 Å². The van der Waals surface area contributed by atoms with Crippen LogP contribution in [-0.4, -0.2) is 26.6 Å². The van der Waals surface area contributed by atoms with Crippen LogP contribution in [0.2, 0.25) is 0 Å². The molecule has 1 atom stereocenters. The number of anilines is 1. The first-order valence-electron chi connectivity index (χ1n) is 10.1. The lowest BCUT2D eigenvalue weighted by Gasteiger charge is -2.35. The van der Waals surface area contributed by atoms with Crippen molar-refractivity contribution in [1.82, 2.24) is 15.0 Å². The largest absolute Gasteiger partial charge is 0.383 e. The number of fused-ring (bicyclic) bond motifs is 2. The number of nitrogens with one attached hydrogen (secondary N) is 1. The molecule has 0 spiro atoms. The van der Waals surface area contributed by atoms with E-state index in [-0.39, 0.29) is 0 Å². The van der Waals surface area contributed by atoms with Gasteiger partial charge in [-0.2, -0.15) is 0 Å². The highest BCUT2D eigenvalue weighted by Gasteiger charge is 2.34. The molecule has 0 bridgehead atoms. The van der Waals surface area contributed by atoms with Crippen LogP contribution in [0.3, 0.4) is 0 Å². The maximum absolute atomic E-state index is 11.4. The van der Waals surface area contributed by atoms with E-state index in [9.17, 15) is 5.11 Å². The summed E-state index contributed by atoms with van der Waals surface area (Å²) in [6.07, 6.45) is 9.41. The molecule has 142 valence electrons. The lowest BCUT2D eigenvalue weighted by atomic mass is 9.79. The average Bonchev–Trinajstić information content (AvgIpc) is 3.22. The highest BCUT2D eigenvalue weighted by atomic mass is 16.3. The third-order valence-corrected chi connectivity index (χ3v) is 5.98. The Morgan fingerprint density at radius 1 is 0.964 bits per heavy atom. The molecule has 1 aromatic carbocycles. The van der Waals surface area contributed by atoms with E-state index in [4.69, 9.17) is 9.97 Å². The highest BCUT2D eigenvalue weighted by Crippen LogP contribution is 2.36. The van der Waals surface area contributed by atoms with Crippen molar-refractivity contribution < 1.29 is 5.11 Å². The maximum Gasteiger partial charge on any atom is 0.161 e. The summed E-state index contributed by atoms with van der Waals surface area (Å²) in [5, 5.41) is 14.9. The van der Waals surface area contributed by atoms with Gasteiger partial charge in [-0.25, -0.2) is 9.97 Å². The van der Waals surface area contributed by atoms with Crippen LogP contribution in [0.25, 0.3) is 11.4 Å². The molecule has 2 aromatic heterocycles. The fraction of sp³-hybridized carbons (Fsp3) is 0.348. The van der Waals surface area contributed by atoms with E-state index in [0.29, 0.717) is 6.54 Å². The summed E-state index contributed by atoms with van der Waals surface area (Å²) in [6.45, 7) is 0.462. The van der Waals surface area contributed by atoms with E-state index >= 15 is 0 Å². The Kier molecular flexibility index (Phi) is 4.32. The van der Waals surface area contributed by atoms with Crippen molar-refractivity contribution in [1.29, 1.82) is 0 Å². The molecule has 5 heteroatoms. The first-order valence-corrected chi connectivity index (χ1v) is 10.1. The summed E-state index contributed by atoms with van der Waals surface area (Å²) >= 11 is 0. The number of hydrogen-bond acceptors (Lipinski definition) is 5. The number of aromatic nitrogens is 3. The molecule has 2 aliphatic carbocycles. The quantitative estimate of drug-likeness (QED) is 0.731. The molecule has 0 radical (unpaired) electrons. The van der Waals surface area contributed by atoms with Crippen molar-refractivity contribution in [3.63, 3.8) is 0 Å². The van der Waals surface area contributed by atoms with E-state index in [1.54, 1.807) is 12.4 Å². The van der Waals surface area contributed by atoms with E-state index in [0.717, 1.165) is 67.0 Å². The molecule has 5 nitrogen and oxygen atoms in total. The van der Waals surface area contributed by atoms with Gasteiger partial charge in [0, 0.05) is 35.8 Å². The minimum Gasteiger partial charge on any atom is -0.383 e. The highest BCUT2D eigenvalue weighted by molar-refractivity contribution is 5.60. The average molecular weight is 372 g/mol. The second-order valence-electron chi connectivity index (χ2n) is 7.81. The van der Waals surface area contributed by atoms with Gasteiger partial charge in [-0.3, -0.25) is 4.98 Å². The summed E-state index contributed by atoms with van der Waals surface area (Å²) < 4.78 is 0. The maximum atomic E-state index is 11.4. The van der Waals surface area contributed by atoms with Gasteiger partial charge in [-0.05, 0) is 61.8 Å². The van der Waals surface area contributed by atoms with Crippen LogP contribution in [0, 0.1) is 0 Å². The molecule has 0 saturated carbocycles. The van der Waals surface area contributed by atoms with Crippen molar-refractivity contribution in [3.05, 3.63) is 71.2 Å². The second kappa shape index (κ2) is 6.99. The second-order valence-corrected chi connectivity index (χ2v) is 7.81. The van der Waals surface area contributed by atoms with Crippen molar-refractivity contribution in [2.75, 3.05) is 11.9 Å². The van der Waals surface area contributed by atoms with Crippen molar-refractivity contribution in [3.8, 4) is 11.4 Å². The van der Waals surface area contributed by atoms with E-state index < -0.39 is 5.60 Å². The molecule has 0 fully saturated rings. The SMILES string of the molecule is OC1(CNc2nc(-c3ccncc3)nc3c2CCC3)CCCc2ccccc21. The fourth-order valence-electron chi connectivity index (χ4n) is 4.52. The molecule has 2 heterocycles. The van der Waals surface area contributed by atoms with Crippen LogP contribution in [0.1, 0.15) is 41.6 Å². The zero-order valence-electron chi connectivity index (χ0n) is 15.9. The van der Waals surface area contributed by atoms with Gasteiger partial charge < -0.3 is 10.4 Å². The molecule has 3 aromatic rings. The van der Waals surface area contributed by atoms with Gasteiger partial charge >= 0.3 is 0 Å². The lowest BCUT2D eigenvalue weighted by Crippen LogP contribution is -2.38. The summed E-state index contributed by atoms with van der Waals surface area (Å²) in [5.41, 5.74) is 4.74. The Bertz CT molecular complexity index is 1000. The summed E-state index contributed by atoms with van der Waals surface area (Å²) in [6, 6.07) is 12.1. The predicted molar refractivity (Wildman–Crippen MR) is 109 cm³/mol. The number of nitrogens with zero attached hydrogens (tertiary/aromatic N) is 3. The molecule has 0 aliphatic heterocycles. The minimum absolute atomic E-state index is 0.462. The summed E-state index contributed by atoms with van der Waals surface area (Å²) in [4.78, 5) is 13.7. The zero-order valence-corrected chi connectivity index (χ0v) is 15.9. The normalized spacial score (nSPS) is 20.5. The van der Waals surface area contributed by atoms with Gasteiger partial charge in [0.15, 0.2) is 5.82 Å². The number of aliphatic hydroxyl groups is 1. The first-order chi connectivity index (χ1) is 13.7. The molecule has 5 rings (SSSR count). The smallest absolute Gasteiger partial charge is 0.161 e. The molecule has 0 saturated heterocycles. The molecular weight excluding hydrogens is 348 g/mol. The van der Waals surface area contributed by atoms with Crippen LogP contribution in [0.4, 0.5) is 5.82 Å². The number of aryl methyl sites for hydroxylation is 2. The van der Waals surface area contributed by atoms with Crippen molar-refractivity contribution >= 4 is 5.82 Å². The Balaban J connectivity index is 1.47. The minimum atomic E-state index is -0.859. The Morgan fingerprint density at radius 3 is 2.71 bits per heavy atom. The topological polar surface area (TPSA) is 70.9 Å². The van der Waals surface area contributed by atoms with Gasteiger partial charge in [0.1, 0.15) is 11.4 Å². The van der Waals surface area contributed by atoms with Crippen LogP contribution >= 0.6 is 0 Å². The summed E-state index contributed by atoms with van der Waals surface area (Å²) in [7, 11) is 0. The van der Waals surface area contributed by atoms with Gasteiger partial charge in [0.05, 0.1) is 0 Å². The van der Waals surface area contributed by atoms with Gasteiger partial charge in [-0.15, -0.1) is 0 Å². The summed E-state index contributed by atoms with van der Waals surface area (Å²) in [5.74, 6) is 1.59. The van der Waals surface area contributed by atoms with Crippen LogP contribution in [0.15, 0.2) is 48.8 Å². The predicted octanol–water partition coefficient (Wildman–Crippen LogP) is 3.66. The fourth-order valence-corrected chi connectivity index (χ4v) is 4.52. The van der Waals surface area contributed by atoms with E-state index in [1.165, 1.54) is 11.1 Å². The van der Waals surface area contributed by atoms with Gasteiger partial charge in [-0.1, -0.05) is 24.3 Å². The Morgan fingerprint density at radius 2 is 1.82 bits per heavy atom. The lowest BCUT2D eigenvalue weighted by molar-refractivity contribution is 0.0322. The third kappa shape index (κ3) is 3.06.